The summed E-state index contributed by atoms with van der Waals surface area (Å²) in [6.45, 7) is 0. The number of carbonyl (C=O) groups is 1. The van der Waals surface area contributed by atoms with Gasteiger partial charge in [-0.3, -0.25) is 4.79 Å². The van der Waals surface area contributed by atoms with Gasteiger partial charge in [-0.2, -0.15) is 5.26 Å². The lowest BCUT2D eigenvalue weighted by Crippen LogP contribution is -2.15. The van der Waals surface area contributed by atoms with Gasteiger partial charge in [-0.1, -0.05) is 0 Å². The van der Waals surface area contributed by atoms with E-state index in [0.29, 0.717) is 17.0 Å². The number of hydrogen-bond donors (Lipinski definition) is 1. The molecule has 2 aromatic heterocycles. The second-order valence-corrected chi connectivity index (χ2v) is 7.39. The Bertz CT molecular complexity index is 1160. The van der Waals surface area contributed by atoms with E-state index in [2.05, 4.69) is 14.9 Å². The maximum absolute atomic E-state index is 15.0. The number of nitrogens with one attached hydrogen (secondary N) is 1. The summed E-state index contributed by atoms with van der Waals surface area (Å²) >= 11 is 0. The minimum Gasteiger partial charge on any atom is -0.344 e. The molecule has 2 aliphatic carbocycles. The van der Waals surface area contributed by atoms with Gasteiger partial charge in [0.15, 0.2) is 5.82 Å². The van der Waals surface area contributed by atoms with Crippen molar-refractivity contribution >= 4 is 22.5 Å². The number of benzene rings is 1. The molecule has 1 N–H and O–H groups in total. The lowest BCUT2D eigenvalue weighted by atomic mass is 9.99. The third kappa shape index (κ3) is 2.73. The minimum atomic E-state index is -1.10. The smallest absolute Gasteiger partial charge is 0.231 e. The van der Waals surface area contributed by atoms with Gasteiger partial charge in [0.25, 0.3) is 0 Å². The Morgan fingerprint density at radius 2 is 2.14 bits per heavy atom. The van der Waals surface area contributed by atoms with E-state index in [4.69, 9.17) is 0 Å². The molecule has 2 aliphatic rings. The van der Waals surface area contributed by atoms with E-state index >= 15 is 4.39 Å². The number of amides is 1. The lowest BCUT2D eigenvalue weighted by molar-refractivity contribution is -0.117. The highest BCUT2D eigenvalue weighted by molar-refractivity contribution is 5.97. The minimum absolute atomic E-state index is 0.0232. The van der Waals surface area contributed by atoms with Crippen molar-refractivity contribution in [2.75, 3.05) is 5.32 Å². The number of halogens is 2. The normalized spacial score (nSPS) is 20.8. The molecule has 28 heavy (non-hydrogen) atoms. The molecule has 2 atom stereocenters. The molecule has 2 unspecified atom stereocenters. The summed E-state index contributed by atoms with van der Waals surface area (Å²) in [6.07, 6.45) is 4.50. The van der Waals surface area contributed by atoms with Crippen molar-refractivity contribution in [2.24, 2.45) is 5.92 Å². The zero-order valence-corrected chi connectivity index (χ0v) is 14.8. The first kappa shape index (κ1) is 16.9. The second-order valence-electron chi connectivity index (χ2n) is 7.39. The number of pyridine rings is 1. The van der Waals surface area contributed by atoms with E-state index in [1.54, 1.807) is 12.1 Å². The number of hydrogen-bond acceptors (Lipinski definition) is 3. The Kier molecular flexibility index (Phi) is 3.69. The first-order valence-electron chi connectivity index (χ1n) is 9.21. The Hall–Kier alpha value is -3.27. The van der Waals surface area contributed by atoms with Gasteiger partial charge in [-0.25, -0.2) is 13.8 Å². The van der Waals surface area contributed by atoms with Crippen LogP contribution in [0.3, 0.4) is 0 Å². The summed E-state index contributed by atoms with van der Waals surface area (Å²) in [5.41, 5.74) is 1.28. The molecule has 7 heteroatoms. The topological polar surface area (TPSA) is 70.7 Å². The van der Waals surface area contributed by atoms with Gasteiger partial charge in [0.2, 0.25) is 5.91 Å². The average molecular weight is 378 g/mol. The molecule has 2 fully saturated rings. The number of alkyl halides is 1. The van der Waals surface area contributed by atoms with Crippen LogP contribution in [0.2, 0.25) is 0 Å². The predicted octanol–water partition coefficient (Wildman–Crippen LogP) is 4.35. The van der Waals surface area contributed by atoms with Crippen LogP contribution in [-0.4, -0.2) is 21.6 Å². The first-order valence-corrected chi connectivity index (χ1v) is 9.21. The molecule has 5 rings (SSSR count). The van der Waals surface area contributed by atoms with Crippen LogP contribution in [0.5, 0.6) is 0 Å². The Morgan fingerprint density at radius 1 is 1.36 bits per heavy atom. The summed E-state index contributed by atoms with van der Waals surface area (Å²) in [5, 5.41) is 12.9. The van der Waals surface area contributed by atoms with Crippen molar-refractivity contribution < 1.29 is 13.6 Å². The maximum atomic E-state index is 15.0. The van der Waals surface area contributed by atoms with Crippen molar-refractivity contribution in [3.63, 3.8) is 0 Å². The highest BCUT2D eigenvalue weighted by Crippen LogP contribution is 2.41. The number of nitrogens with zero attached hydrogens (tertiary/aromatic N) is 3. The highest BCUT2D eigenvalue weighted by atomic mass is 19.1. The fourth-order valence-electron chi connectivity index (χ4n) is 3.58. The van der Waals surface area contributed by atoms with E-state index in [-0.39, 0.29) is 23.2 Å². The first-order chi connectivity index (χ1) is 13.6. The molecule has 2 heterocycles. The fraction of sp³-hybridized carbons (Fsp3) is 0.286. The summed E-state index contributed by atoms with van der Waals surface area (Å²) < 4.78 is 30.2. The second kappa shape index (κ2) is 6.13. The SMILES string of the molecule is N#Cc1c(-c2cccn2C2CC2)cc2cc(NC(=O)C3CC3F)ncc2c1F. The largest absolute Gasteiger partial charge is 0.344 e. The Balaban J connectivity index is 1.60. The van der Waals surface area contributed by atoms with E-state index in [1.165, 1.54) is 6.20 Å². The quantitative estimate of drug-likeness (QED) is 0.734. The van der Waals surface area contributed by atoms with Gasteiger partial charge in [-0.15, -0.1) is 0 Å². The fourth-order valence-corrected chi connectivity index (χ4v) is 3.58. The molecular formula is C21H16F2N4O. The number of rotatable bonds is 4. The molecule has 3 aromatic rings. The van der Waals surface area contributed by atoms with Gasteiger partial charge in [-0.05, 0) is 48.9 Å². The van der Waals surface area contributed by atoms with Crippen LogP contribution in [0.4, 0.5) is 14.6 Å². The molecule has 0 aliphatic heterocycles. The van der Waals surface area contributed by atoms with E-state index in [9.17, 15) is 14.4 Å². The van der Waals surface area contributed by atoms with Gasteiger partial charge in [0.1, 0.15) is 18.1 Å². The van der Waals surface area contributed by atoms with Crippen LogP contribution in [0.25, 0.3) is 22.0 Å². The zero-order chi connectivity index (χ0) is 19.4. The molecule has 1 aromatic carbocycles. The molecule has 0 radical (unpaired) electrons. The standard InChI is InChI=1S/C21H16F2N4O/c22-17-8-14(17)21(28)26-19-7-11-6-13(15(9-24)20(23)16(11)10-25-19)18-2-1-5-27(18)12-3-4-12/h1-2,5-7,10,12,14,17H,3-4,8H2,(H,25,26,28). The van der Waals surface area contributed by atoms with Crippen LogP contribution in [-0.2, 0) is 4.79 Å². The van der Waals surface area contributed by atoms with Crippen LogP contribution in [0.1, 0.15) is 30.9 Å². The maximum Gasteiger partial charge on any atom is 0.231 e. The molecular weight excluding hydrogens is 362 g/mol. The summed E-state index contributed by atoms with van der Waals surface area (Å²) in [7, 11) is 0. The Morgan fingerprint density at radius 3 is 2.82 bits per heavy atom. The molecule has 0 saturated heterocycles. The van der Waals surface area contributed by atoms with Crippen molar-refractivity contribution in [1.29, 1.82) is 5.26 Å². The van der Waals surface area contributed by atoms with Crippen LogP contribution >= 0.6 is 0 Å². The number of anilines is 1. The van der Waals surface area contributed by atoms with Gasteiger partial charge < -0.3 is 9.88 Å². The van der Waals surface area contributed by atoms with Crippen LogP contribution in [0, 0.1) is 23.1 Å². The number of aromatic nitrogens is 2. The molecule has 1 amide bonds. The molecule has 0 bridgehead atoms. The van der Waals surface area contributed by atoms with Gasteiger partial charge in [0.05, 0.1) is 11.5 Å². The van der Waals surface area contributed by atoms with Gasteiger partial charge >= 0.3 is 0 Å². The molecule has 2 saturated carbocycles. The van der Waals surface area contributed by atoms with Crippen LogP contribution in [0.15, 0.2) is 36.7 Å². The van der Waals surface area contributed by atoms with Crippen LogP contribution < -0.4 is 5.32 Å². The van der Waals surface area contributed by atoms with E-state index in [0.717, 1.165) is 18.5 Å². The van der Waals surface area contributed by atoms with Crippen molar-refractivity contribution in [1.82, 2.24) is 9.55 Å². The summed E-state index contributed by atoms with van der Waals surface area (Å²) in [5.74, 6) is -1.44. The summed E-state index contributed by atoms with van der Waals surface area (Å²) in [6, 6.07) is 9.43. The summed E-state index contributed by atoms with van der Waals surface area (Å²) in [4.78, 5) is 16.0. The molecule has 140 valence electrons. The van der Waals surface area contributed by atoms with E-state index in [1.807, 2.05) is 24.4 Å². The monoisotopic (exact) mass is 378 g/mol. The third-order valence-corrected chi connectivity index (χ3v) is 5.37. The molecule has 5 nitrogen and oxygen atoms in total. The zero-order valence-electron chi connectivity index (χ0n) is 14.8. The predicted molar refractivity (Wildman–Crippen MR) is 99.7 cm³/mol. The average Bonchev–Trinajstić information content (AvgIpc) is 3.60. The van der Waals surface area contributed by atoms with Crippen molar-refractivity contribution in [3.05, 3.63) is 48.0 Å². The molecule has 0 spiro atoms. The number of nitriles is 1. The van der Waals surface area contributed by atoms with Crippen molar-refractivity contribution in [3.8, 4) is 17.3 Å². The number of fused-ring (bicyclic) bond motifs is 1. The third-order valence-electron chi connectivity index (χ3n) is 5.37. The van der Waals surface area contributed by atoms with E-state index < -0.39 is 23.8 Å². The lowest BCUT2D eigenvalue weighted by Gasteiger charge is -2.13. The number of carbonyl (C=O) groups excluding carboxylic acids is 1. The van der Waals surface area contributed by atoms with Crippen molar-refractivity contribution in [2.45, 2.75) is 31.5 Å². The van der Waals surface area contributed by atoms with Gasteiger partial charge in [0, 0.05) is 35.1 Å². The Labute approximate surface area is 159 Å². The highest BCUT2D eigenvalue weighted by Gasteiger charge is 2.43.